The highest BCUT2D eigenvalue weighted by molar-refractivity contribution is 5.84. The van der Waals surface area contributed by atoms with Crippen LogP contribution in [0.4, 0.5) is 0 Å². The largest absolute Gasteiger partial charge is 0.392 e. The van der Waals surface area contributed by atoms with Gasteiger partial charge < -0.3 is 5.11 Å². The Morgan fingerprint density at radius 3 is 2.03 bits per heavy atom. The van der Waals surface area contributed by atoms with Gasteiger partial charge in [-0.1, -0.05) is 55.4 Å². The fourth-order valence-electron chi connectivity index (χ4n) is 11.2. The predicted octanol–water partition coefficient (Wildman–Crippen LogP) is 7.43. The molecule has 1 N–H and O–H groups in total. The number of Topliss-reactive ketones (excluding diaryl/α,β-unsaturated/α-hetero) is 1. The molecule has 0 bridgehead atoms. The van der Waals surface area contributed by atoms with E-state index in [1.54, 1.807) is 0 Å². The number of carbonyl (C=O) groups excluding carboxylic acids is 1. The SMILES string of the molecule is CC1C(O)CC(=O)C2C1(C)CCC1C2(C)CCC2(C)C3CC(C)(C)CCC3(C)CCC12C. The molecule has 0 aromatic carbocycles. The highest BCUT2D eigenvalue weighted by Crippen LogP contribution is 2.78. The van der Waals surface area contributed by atoms with E-state index in [1.165, 1.54) is 51.4 Å². The second-order valence-electron chi connectivity index (χ2n) is 15.5. The fourth-order valence-corrected chi connectivity index (χ4v) is 11.2. The normalized spacial score (nSPS) is 59.4. The minimum absolute atomic E-state index is 0.0416. The Morgan fingerprint density at radius 1 is 0.750 bits per heavy atom. The lowest BCUT2D eigenvalue weighted by Crippen LogP contribution is -2.69. The number of aliphatic hydroxyl groups is 1. The van der Waals surface area contributed by atoms with Crippen molar-refractivity contribution in [3.05, 3.63) is 0 Å². The molecule has 0 amide bonds. The van der Waals surface area contributed by atoms with Crippen LogP contribution in [0.1, 0.15) is 120 Å². The second-order valence-corrected chi connectivity index (χ2v) is 15.5. The molecule has 0 heterocycles. The average molecular weight is 443 g/mol. The Balaban J connectivity index is 1.57. The Hall–Kier alpha value is -0.370. The number of ketones is 1. The van der Waals surface area contributed by atoms with Gasteiger partial charge in [-0.15, -0.1) is 0 Å². The third-order valence-electron chi connectivity index (χ3n) is 13.6. The summed E-state index contributed by atoms with van der Waals surface area (Å²) in [5.41, 5.74) is 1.70. The average Bonchev–Trinajstić information content (AvgIpc) is 2.69. The number of hydrogen-bond acceptors (Lipinski definition) is 2. The van der Waals surface area contributed by atoms with E-state index < -0.39 is 6.10 Å². The van der Waals surface area contributed by atoms with Crippen LogP contribution in [0.2, 0.25) is 0 Å². The molecule has 32 heavy (non-hydrogen) atoms. The molecule has 2 heteroatoms. The maximum absolute atomic E-state index is 13.6. The molecule has 0 aromatic rings. The molecule has 10 atom stereocenters. The van der Waals surface area contributed by atoms with E-state index in [-0.39, 0.29) is 22.7 Å². The van der Waals surface area contributed by atoms with Gasteiger partial charge in [-0.3, -0.25) is 4.79 Å². The van der Waals surface area contributed by atoms with Gasteiger partial charge in [-0.25, -0.2) is 0 Å². The van der Waals surface area contributed by atoms with Crippen molar-refractivity contribution < 1.29 is 9.90 Å². The molecular weight excluding hydrogens is 392 g/mol. The Kier molecular flexibility index (Phi) is 4.85. The molecular formula is C30H50O2. The summed E-state index contributed by atoms with van der Waals surface area (Å²) in [6.45, 7) is 20.1. The monoisotopic (exact) mass is 442 g/mol. The molecule has 5 aliphatic rings. The first-order valence-corrected chi connectivity index (χ1v) is 13.8. The summed E-state index contributed by atoms with van der Waals surface area (Å²) in [7, 11) is 0. The molecule has 0 spiro atoms. The molecule has 182 valence electrons. The van der Waals surface area contributed by atoms with Gasteiger partial charge in [0.15, 0.2) is 0 Å². The van der Waals surface area contributed by atoms with Crippen molar-refractivity contribution >= 4 is 5.78 Å². The fraction of sp³-hybridized carbons (Fsp3) is 0.967. The van der Waals surface area contributed by atoms with Gasteiger partial charge >= 0.3 is 0 Å². The Labute approximate surface area is 197 Å². The van der Waals surface area contributed by atoms with Crippen LogP contribution >= 0.6 is 0 Å². The van der Waals surface area contributed by atoms with E-state index >= 15 is 0 Å². The van der Waals surface area contributed by atoms with Gasteiger partial charge in [-0.05, 0) is 108 Å². The van der Waals surface area contributed by atoms with Gasteiger partial charge in [0, 0.05) is 12.3 Å². The number of hydrogen-bond donors (Lipinski definition) is 1. The molecule has 0 radical (unpaired) electrons. The molecule has 5 aliphatic carbocycles. The van der Waals surface area contributed by atoms with E-state index in [0.29, 0.717) is 39.8 Å². The van der Waals surface area contributed by atoms with E-state index in [9.17, 15) is 9.90 Å². The molecule has 5 fully saturated rings. The number of fused-ring (bicyclic) bond motifs is 7. The first-order valence-electron chi connectivity index (χ1n) is 13.8. The lowest BCUT2D eigenvalue weighted by Gasteiger charge is -2.74. The predicted molar refractivity (Wildman–Crippen MR) is 131 cm³/mol. The van der Waals surface area contributed by atoms with E-state index in [1.807, 2.05) is 0 Å². The Morgan fingerprint density at radius 2 is 1.34 bits per heavy atom. The quantitative estimate of drug-likeness (QED) is 0.423. The van der Waals surface area contributed by atoms with Crippen LogP contribution in [0.5, 0.6) is 0 Å². The minimum atomic E-state index is -0.451. The molecule has 0 aromatic heterocycles. The Bertz CT molecular complexity index is 816. The third kappa shape index (κ3) is 2.71. The number of aliphatic hydroxyl groups excluding tert-OH is 1. The van der Waals surface area contributed by atoms with Gasteiger partial charge in [-0.2, -0.15) is 0 Å². The van der Waals surface area contributed by atoms with Gasteiger partial charge in [0.1, 0.15) is 5.78 Å². The van der Waals surface area contributed by atoms with Crippen LogP contribution in [-0.2, 0) is 4.79 Å². The molecule has 2 nitrogen and oxygen atoms in total. The standard InChI is InChI=1S/C30H50O2/c1-19-20(31)17-21(32)24-27(19,5)10-9-22-28(24,6)14-16-30(8)23-18-25(2,3)11-12-26(23,4)13-15-29(22,30)7/h19-20,22-24,31H,9-18H2,1-8H3. The van der Waals surface area contributed by atoms with Crippen molar-refractivity contribution in [1.82, 2.24) is 0 Å². The maximum Gasteiger partial charge on any atom is 0.139 e. The van der Waals surface area contributed by atoms with Gasteiger partial charge in [0.25, 0.3) is 0 Å². The van der Waals surface area contributed by atoms with Crippen LogP contribution in [-0.4, -0.2) is 17.0 Å². The third-order valence-corrected chi connectivity index (χ3v) is 13.6. The second kappa shape index (κ2) is 6.64. The van der Waals surface area contributed by atoms with Gasteiger partial charge in [0.2, 0.25) is 0 Å². The molecule has 5 rings (SSSR count). The van der Waals surface area contributed by atoms with Crippen molar-refractivity contribution in [2.24, 2.45) is 56.2 Å². The van der Waals surface area contributed by atoms with Crippen molar-refractivity contribution in [1.29, 1.82) is 0 Å². The van der Waals surface area contributed by atoms with Crippen molar-refractivity contribution in [2.45, 2.75) is 126 Å². The number of rotatable bonds is 0. The van der Waals surface area contributed by atoms with Crippen LogP contribution < -0.4 is 0 Å². The maximum atomic E-state index is 13.6. The van der Waals surface area contributed by atoms with Crippen molar-refractivity contribution in [3.8, 4) is 0 Å². The summed E-state index contributed by atoms with van der Waals surface area (Å²) < 4.78 is 0. The van der Waals surface area contributed by atoms with E-state index in [0.717, 1.165) is 12.3 Å². The molecule has 0 aliphatic heterocycles. The van der Waals surface area contributed by atoms with Crippen molar-refractivity contribution in [2.75, 3.05) is 0 Å². The summed E-state index contributed by atoms with van der Waals surface area (Å²) in [5, 5.41) is 10.7. The van der Waals surface area contributed by atoms with Crippen LogP contribution in [0.25, 0.3) is 0 Å². The first-order chi connectivity index (χ1) is 14.6. The minimum Gasteiger partial charge on any atom is -0.392 e. The zero-order valence-corrected chi connectivity index (χ0v) is 22.3. The highest BCUT2D eigenvalue weighted by Gasteiger charge is 2.72. The zero-order chi connectivity index (χ0) is 23.5. The summed E-state index contributed by atoms with van der Waals surface area (Å²) in [4.78, 5) is 13.6. The lowest BCUT2D eigenvalue weighted by atomic mass is 9.30. The van der Waals surface area contributed by atoms with Gasteiger partial charge in [0.05, 0.1) is 6.10 Å². The molecule has 0 saturated heterocycles. The molecule has 5 saturated carbocycles. The highest BCUT2D eigenvalue weighted by atomic mass is 16.3. The van der Waals surface area contributed by atoms with Crippen LogP contribution in [0.3, 0.4) is 0 Å². The van der Waals surface area contributed by atoms with Crippen LogP contribution in [0, 0.1) is 56.2 Å². The summed E-state index contributed by atoms with van der Waals surface area (Å²) in [6.07, 6.45) is 11.6. The summed E-state index contributed by atoms with van der Waals surface area (Å²) in [5.74, 6) is 2.16. The van der Waals surface area contributed by atoms with Crippen LogP contribution in [0.15, 0.2) is 0 Å². The van der Waals surface area contributed by atoms with E-state index in [4.69, 9.17) is 0 Å². The molecule has 10 unspecified atom stereocenters. The zero-order valence-electron chi connectivity index (χ0n) is 22.3. The van der Waals surface area contributed by atoms with Crippen molar-refractivity contribution in [3.63, 3.8) is 0 Å². The lowest BCUT2D eigenvalue weighted by molar-refractivity contribution is -0.257. The first kappa shape index (κ1) is 23.4. The topological polar surface area (TPSA) is 37.3 Å². The van der Waals surface area contributed by atoms with E-state index in [2.05, 4.69) is 55.4 Å². The number of carbonyl (C=O) groups is 1. The smallest absolute Gasteiger partial charge is 0.139 e. The summed E-state index contributed by atoms with van der Waals surface area (Å²) in [6, 6.07) is 0. The summed E-state index contributed by atoms with van der Waals surface area (Å²) >= 11 is 0.